The van der Waals surface area contributed by atoms with Crippen molar-refractivity contribution in [2.45, 2.75) is 26.2 Å². The fourth-order valence-electron chi connectivity index (χ4n) is 1.45. The van der Waals surface area contributed by atoms with E-state index in [0.717, 1.165) is 17.1 Å². The first-order chi connectivity index (χ1) is 5.50. The lowest BCUT2D eigenvalue weighted by Crippen LogP contribution is -2.10. The van der Waals surface area contributed by atoms with Crippen LogP contribution in [0.4, 0.5) is 0 Å². The molecule has 0 saturated heterocycles. The lowest BCUT2D eigenvalue weighted by atomic mass is 9.86. The van der Waals surface area contributed by atoms with Crippen molar-refractivity contribution in [2.24, 2.45) is 0 Å². The zero-order valence-corrected chi connectivity index (χ0v) is 7.51. The SMILES string of the molecule is CC(C)(C)c1c(O)ccc2c1O2. The minimum atomic E-state index is -0.0497. The van der Waals surface area contributed by atoms with Crippen LogP contribution >= 0.6 is 0 Å². The van der Waals surface area contributed by atoms with Crippen LogP contribution in [0.5, 0.6) is 17.2 Å². The summed E-state index contributed by atoms with van der Waals surface area (Å²) in [7, 11) is 0. The quantitative estimate of drug-likeness (QED) is 0.607. The largest absolute Gasteiger partial charge is 0.508 e. The van der Waals surface area contributed by atoms with E-state index in [1.807, 2.05) is 0 Å². The zero-order valence-electron chi connectivity index (χ0n) is 7.51. The number of phenolic OH excluding ortho intramolecular Hbond substituents is 1. The van der Waals surface area contributed by atoms with E-state index >= 15 is 0 Å². The molecule has 0 unspecified atom stereocenters. The predicted molar refractivity (Wildman–Crippen MR) is 46.9 cm³/mol. The van der Waals surface area contributed by atoms with Gasteiger partial charge in [-0.1, -0.05) is 20.8 Å². The lowest BCUT2D eigenvalue weighted by Gasteiger charge is -2.17. The average molecular weight is 164 g/mol. The molecule has 0 aromatic heterocycles. The van der Waals surface area contributed by atoms with Gasteiger partial charge in [-0.15, -0.1) is 0 Å². The summed E-state index contributed by atoms with van der Waals surface area (Å²) < 4.78 is 5.22. The number of fused-ring (bicyclic) bond motifs is 1. The molecule has 1 N–H and O–H groups in total. The molecule has 2 heteroatoms. The molecule has 1 heterocycles. The van der Waals surface area contributed by atoms with Crippen LogP contribution in [0.1, 0.15) is 26.3 Å². The standard InChI is InChI=1S/C10H12O2/c1-10(2,3)8-6(11)4-5-7-9(8)12-7/h4-5,11H,1-3H3. The summed E-state index contributed by atoms with van der Waals surface area (Å²) in [5, 5.41) is 9.58. The number of phenols is 1. The Morgan fingerprint density at radius 2 is 1.92 bits per heavy atom. The molecule has 1 aromatic rings. The van der Waals surface area contributed by atoms with Crippen LogP contribution in [0.15, 0.2) is 12.1 Å². The Hall–Kier alpha value is -1.18. The summed E-state index contributed by atoms with van der Waals surface area (Å²) in [5.74, 6) is 2.10. The van der Waals surface area contributed by atoms with Gasteiger partial charge in [-0.25, -0.2) is 0 Å². The summed E-state index contributed by atoms with van der Waals surface area (Å²) in [6, 6.07) is 3.48. The maximum absolute atomic E-state index is 9.58. The number of hydrogen-bond donors (Lipinski definition) is 1. The third-order valence-corrected chi connectivity index (χ3v) is 2.02. The lowest BCUT2D eigenvalue weighted by molar-refractivity contribution is 0.445. The Labute approximate surface area is 71.8 Å². The van der Waals surface area contributed by atoms with E-state index in [0.29, 0.717) is 5.75 Å². The molecule has 1 aromatic carbocycles. The summed E-state index contributed by atoms with van der Waals surface area (Å²) in [6.07, 6.45) is 0. The smallest absolute Gasteiger partial charge is 0.177 e. The number of benzene rings is 1. The normalized spacial score (nSPS) is 13.6. The molecule has 64 valence electrons. The van der Waals surface area contributed by atoms with Crippen molar-refractivity contribution in [1.82, 2.24) is 0 Å². The van der Waals surface area contributed by atoms with Crippen molar-refractivity contribution in [3.05, 3.63) is 17.7 Å². The molecular formula is C10H12O2. The van der Waals surface area contributed by atoms with Gasteiger partial charge in [-0.2, -0.15) is 0 Å². The highest BCUT2D eigenvalue weighted by Gasteiger charge is 2.33. The fraction of sp³-hybridized carbons (Fsp3) is 0.400. The topological polar surface area (TPSA) is 32.8 Å². The van der Waals surface area contributed by atoms with Crippen molar-refractivity contribution in [1.29, 1.82) is 0 Å². The molecule has 0 saturated carbocycles. The van der Waals surface area contributed by atoms with E-state index in [9.17, 15) is 5.11 Å². The second-order valence-electron chi connectivity index (χ2n) is 4.14. The van der Waals surface area contributed by atoms with E-state index in [1.165, 1.54) is 0 Å². The molecule has 0 radical (unpaired) electrons. The first-order valence-corrected chi connectivity index (χ1v) is 4.04. The zero-order chi connectivity index (χ0) is 8.93. The van der Waals surface area contributed by atoms with Crippen LogP contribution in [0.3, 0.4) is 0 Å². The molecule has 1 aliphatic rings. The molecule has 0 amide bonds. The Morgan fingerprint density at radius 3 is 2.42 bits per heavy atom. The van der Waals surface area contributed by atoms with Crippen molar-refractivity contribution < 1.29 is 9.84 Å². The van der Waals surface area contributed by atoms with E-state index in [1.54, 1.807) is 12.1 Å². The van der Waals surface area contributed by atoms with E-state index < -0.39 is 0 Å². The Balaban J connectivity index is 2.59. The molecule has 2 nitrogen and oxygen atoms in total. The Bertz CT molecular complexity index is 331. The van der Waals surface area contributed by atoms with Crippen molar-refractivity contribution in [3.63, 3.8) is 0 Å². The van der Waals surface area contributed by atoms with Gasteiger partial charge in [0.25, 0.3) is 0 Å². The van der Waals surface area contributed by atoms with Gasteiger partial charge < -0.3 is 9.84 Å². The molecular weight excluding hydrogens is 152 g/mol. The van der Waals surface area contributed by atoms with Gasteiger partial charge in [-0.3, -0.25) is 0 Å². The summed E-state index contributed by atoms with van der Waals surface area (Å²) in [6.45, 7) is 6.18. The van der Waals surface area contributed by atoms with Crippen LogP contribution < -0.4 is 4.74 Å². The first-order valence-electron chi connectivity index (χ1n) is 4.04. The van der Waals surface area contributed by atoms with Gasteiger partial charge in [0, 0.05) is 5.56 Å². The maximum atomic E-state index is 9.58. The van der Waals surface area contributed by atoms with E-state index in [-0.39, 0.29) is 5.41 Å². The molecule has 12 heavy (non-hydrogen) atoms. The minimum Gasteiger partial charge on any atom is -0.508 e. The van der Waals surface area contributed by atoms with E-state index in [4.69, 9.17) is 4.74 Å². The molecule has 0 aliphatic carbocycles. The summed E-state index contributed by atoms with van der Waals surface area (Å²) >= 11 is 0. The third kappa shape index (κ3) is 0.951. The number of rotatable bonds is 0. The average Bonchev–Trinajstić information content (AvgIpc) is 2.61. The number of hydrogen-bond acceptors (Lipinski definition) is 2. The second-order valence-corrected chi connectivity index (χ2v) is 4.14. The van der Waals surface area contributed by atoms with Crippen LogP contribution in [0, 0.1) is 0 Å². The van der Waals surface area contributed by atoms with Crippen LogP contribution in [0.25, 0.3) is 0 Å². The van der Waals surface area contributed by atoms with Gasteiger partial charge in [0.15, 0.2) is 11.5 Å². The Morgan fingerprint density at radius 1 is 1.25 bits per heavy atom. The van der Waals surface area contributed by atoms with Gasteiger partial charge in [-0.05, 0) is 17.5 Å². The molecule has 1 aliphatic heterocycles. The second kappa shape index (κ2) is 1.94. The number of aromatic hydroxyl groups is 1. The van der Waals surface area contributed by atoms with Gasteiger partial charge in [0.2, 0.25) is 0 Å². The van der Waals surface area contributed by atoms with Crippen molar-refractivity contribution >= 4 is 0 Å². The maximum Gasteiger partial charge on any atom is 0.177 e. The third-order valence-electron chi connectivity index (χ3n) is 2.02. The van der Waals surface area contributed by atoms with E-state index in [2.05, 4.69) is 20.8 Å². The predicted octanol–water partition coefficient (Wildman–Crippen LogP) is 2.80. The molecule has 0 spiro atoms. The highest BCUT2D eigenvalue weighted by atomic mass is 16.6. The minimum absolute atomic E-state index is 0.0497. The number of ether oxygens (including phenoxy) is 1. The fourth-order valence-corrected chi connectivity index (χ4v) is 1.45. The molecule has 0 fully saturated rings. The van der Waals surface area contributed by atoms with Gasteiger partial charge >= 0.3 is 0 Å². The molecule has 0 atom stereocenters. The summed E-state index contributed by atoms with van der Waals surface area (Å²) in [5.41, 5.74) is 0.867. The van der Waals surface area contributed by atoms with Gasteiger partial charge in [0.05, 0.1) is 0 Å². The molecule has 2 rings (SSSR count). The van der Waals surface area contributed by atoms with Crippen molar-refractivity contribution in [3.8, 4) is 17.2 Å². The summed E-state index contributed by atoms with van der Waals surface area (Å²) in [4.78, 5) is 0. The molecule has 0 bridgehead atoms. The first kappa shape index (κ1) is 7.47. The van der Waals surface area contributed by atoms with Crippen molar-refractivity contribution in [2.75, 3.05) is 0 Å². The monoisotopic (exact) mass is 164 g/mol. The van der Waals surface area contributed by atoms with Crippen LogP contribution in [0.2, 0.25) is 0 Å². The van der Waals surface area contributed by atoms with Crippen LogP contribution in [-0.4, -0.2) is 5.11 Å². The van der Waals surface area contributed by atoms with Gasteiger partial charge in [0.1, 0.15) is 5.75 Å². The Kier molecular flexibility index (Phi) is 1.21. The van der Waals surface area contributed by atoms with Crippen LogP contribution in [-0.2, 0) is 5.41 Å². The highest BCUT2D eigenvalue weighted by molar-refractivity contribution is 5.65. The highest BCUT2D eigenvalue weighted by Crippen LogP contribution is 2.54.